The zero-order valence-corrected chi connectivity index (χ0v) is 10.3. The van der Waals surface area contributed by atoms with Gasteiger partial charge in [0.25, 0.3) is 0 Å². The Hall–Kier alpha value is -1.22. The van der Waals surface area contributed by atoms with E-state index in [2.05, 4.69) is 13.8 Å². The first kappa shape index (κ1) is 12.8. The van der Waals surface area contributed by atoms with Gasteiger partial charge in [-0.05, 0) is 37.5 Å². The molecule has 0 fully saturated rings. The maximum atomic E-state index is 9.73. The summed E-state index contributed by atoms with van der Waals surface area (Å²) in [7, 11) is 0. The molecule has 0 amide bonds. The van der Waals surface area contributed by atoms with E-state index in [0.29, 0.717) is 11.7 Å². The van der Waals surface area contributed by atoms with Crippen molar-refractivity contribution in [3.05, 3.63) is 23.8 Å². The lowest BCUT2D eigenvalue weighted by Gasteiger charge is -2.18. The van der Waals surface area contributed by atoms with Crippen LogP contribution in [0.2, 0.25) is 0 Å². The van der Waals surface area contributed by atoms with E-state index < -0.39 is 5.60 Å². The van der Waals surface area contributed by atoms with Crippen molar-refractivity contribution >= 4 is 0 Å². The summed E-state index contributed by atoms with van der Waals surface area (Å²) in [6.07, 6.45) is 0. The van der Waals surface area contributed by atoms with Crippen molar-refractivity contribution in [1.82, 2.24) is 0 Å². The van der Waals surface area contributed by atoms with Crippen LogP contribution in [0, 0.1) is 0 Å². The van der Waals surface area contributed by atoms with Crippen molar-refractivity contribution in [2.45, 2.75) is 39.2 Å². The summed E-state index contributed by atoms with van der Waals surface area (Å²) < 4.78 is 5.34. The molecule has 16 heavy (non-hydrogen) atoms. The van der Waals surface area contributed by atoms with Gasteiger partial charge in [0.1, 0.15) is 6.61 Å². The highest BCUT2D eigenvalue weighted by Crippen LogP contribution is 2.30. The first-order valence-corrected chi connectivity index (χ1v) is 5.47. The molecule has 0 unspecified atom stereocenters. The van der Waals surface area contributed by atoms with Gasteiger partial charge in [0, 0.05) is 0 Å². The van der Waals surface area contributed by atoms with Crippen molar-refractivity contribution < 1.29 is 14.9 Å². The van der Waals surface area contributed by atoms with Crippen molar-refractivity contribution in [1.29, 1.82) is 0 Å². The largest absolute Gasteiger partial charge is 0.504 e. The Labute approximate surface area is 96.7 Å². The van der Waals surface area contributed by atoms with E-state index in [1.54, 1.807) is 26.0 Å². The number of ether oxygens (including phenoxy) is 1. The predicted molar refractivity (Wildman–Crippen MR) is 64.0 cm³/mol. The fourth-order valence-corrected chi connectivity index (χ4v) is 1.27. The maximum Gasteiger partial charge on any atom is 0.161 e. The fourth-order valence-electron chi connectivity index (χ4n) is 1.27. The number of hydrogen-bond acceptors (Lipinski definition) is 3. The lowest BCUT2D eigenvalue weighted by molar-refractivity contribution is 0.0276. The summed E-state index contributed by atoms with van der Waals surface area (Å²) in [5.41, 5.74) is 0.163. The average Bonchev–Trinajstić information content (AvgIpc) is 2.14. The van der Waals surface area contributed by atoms with Crippen molar-refractivity contribution in [3.8, 4) is 11.5 Å². The van der Waals surface area contributed by atoms with Gasteiger partial charge >= 0.3 is 0 Å². The molecule has 1 aromatic rings. The monoisotopic (exact) mass is 224 g/mol. The highest BCUT2D eigenvalue weighted by atomic mass is 16.5. The van der Waals surface area contributed by atoms with E-state index in [9.17, 15) is 10.2 Å². The van der Waals surface area contributed by atoms with E-state index in [1.165, 1.54) is 0 Å². The lowest BCUT2D eigenvalue weighted by atomic mass is 10.0. The normalized spacial score (nSPS) is 11.9. The van der Waals surface area contributed by atoms with Crippen LogP contribution < -0.4 is 4.74 Å². The molecular formula is C13H20O3. The highest BCUT2D eigenvalue weighted by Gasteiger charge is 2.15. The molecule has 0 radical (unpaired) electrons. The highest BCUT2D eigenvalue weighted by molar-refractivity contribution is 5.42. The Bertz CT molecular complexity index is 351. The molecule has 2 N–H and O–H groups in total. The SMILES string of the molecule is CC(C)c1ccc(OCC(C)(C)O)c(O)c1. The summed E-state index contributed by atoms with van der Waals surface area (Å²) in [4.78, 5) is 0. The molecule has 90 valence electrons. The van der Waals surface area contributed by atoms with E-state index in [1.807, 2.05) is 6.07 Å². The average molecular weight is 224 g/mol. The van der Waals surface area contributed by atoms with Crippen LogP contribution in [0.1, 0.15) is 39.2 Å². The lowest BCUT2D eigenvalue weighted by Crippen LogP contribution is -2.27. The molecule has 0 bridgehead atoms. The molecule has 0 heterocycles. The van der Waals surface area contributed by atoms with Crippen LogP contribution in [0.4, 0.5) is 0 Å². The van der Waals surface area contributed by atoms with Gasteiger partial charge in [-0.25, -0.2) is 0 Å². The van der Waals surface area contributed by atoms with Crippen LogP contribution in [0.15, 0.2) is 18.2 Å². The quantitative estimate of drug-likeness (QED) is 0.826. The Morgan fingerprint density at radius 2 is 1.94 bits per heavy atom. The van der Waals surface area contributed by atoms with Crippen molar-refractivity contribution in [3.63, 3.8) is 0 Å². The van der Waals surface area contributed by atoms with Gasteiger partial charge in [0.05, 0.1) is 5.60 Å². The minimum Gasteiger partial charge on any atom is -0.504 e. The number of aliphatic hydroxyl groups is 1. The minimum absolute atomic E-state index is 0.121. The number of aromatic hydroxyl groups is 1. The van der Waals surface area contributed by atoms with Gasteiger partial charge in [-0.1, -0.05) is 19.9 Å². The molecular weight excluding hydrogens is 204 g/mol. The Morgan fingerprint density at radius 1 is 1.31 bits per heavy atom. The smallest absolute Gasteiger partial charge is 0.161 e. The van der Waals surface area contributed by atoms with Gasteiger partial charge in [0.15, 0.2) is 11.5 Å². The van der Waals surface area contributed by atoms with Crippen LogP contribution in [0.25, 0.3) is 0 Å². The predicted octanol–water partition coefficient (Wildman–Crippen LogP) is 2.67. The molecule has 0 saturated heterocycles. The Morgan fingerprint density at radius 3 is 2.38 bits per heavy atom. The molecule has 0 aliphatic carbocycles. The minimum atomic E-state index is -0.900. The first-order valence-electron chi connectivity index (χ1n) is 5.47. The summed E-state index contributed by atoms with van der Waals surface area (Å²) in [5.74, 6) is 0.899. The fraction of sp³-hybridized carbons (Fsp3) is 0.538. The van der Waals surface area contributed by atoms with E-state index in [0.717, 1.165) is 5.56 Å². The molecule has 3 nitrogen and oxygen atoms in total. The topological polar surface area (TPSA) is 49.7 Å². The second-order valence-electron chi connectivity index (χ2n) is 4.98. The van der Waals surface area contributed by atoms with Gasteiger partial charge in [-0.3, -0.25) is 0 Å². The zero-order valence-electron chi connectivity index (χ0n) is 10.3. The molecule has 1 aromatic carbocycles. The van der Waals surface area contributed by atoms with Crippen LogP contribution in [-0.2, 0) is 0 Å². The number of benzene rings is 1. The molecule has 1 rings (SSSR count). The van der Waals surface area contributed by atoms with Gasteiger partial charge in [-0.15, -0.1) is 0 Å². The van der Waals surface area contributed by atoms with E-state index in [-0.39, 0.29) is 12.4 Å². The molecule has 0 spiro atoms. The molecule has 0 atom stereocenters. The first-order chi connectivity index (χ1) is 7.29. The van der Waals surface area contributed by atoms with Crippen LogP contribution in [0.3, 0.4) is 0 Å². The molecule has 0 aliphatic heterocycles. The summed E-state index contributed by atoms with van der Waals surface area (Å²) in [6.45, 7) is 7.60. The summed E-state index contributed by atoms with van der Waals surface area (Å²) in [5, 5.41) is 19.2. The van der Waals surface area contributed by atoms with Crippen LogP contribution in [-0.4, -0.2) is 22.4 Å². The summed E-state index contributed by atoms with van der Waals surface area (Å²) >= 11 is 0. The third-order valence-electron chi connectivity index (χ3n) is 2.23. The number of phenolic OH excluding ortho intramolecular Hbond substituents is 1. The van der Waals surface area contributed by atoms with Crippen molar-refractivity contribution in [2.24, 2.45) is 0 Å². The molecule has 0 aromatic heterocycles. The van der Waals surface area contributed by atoms with E-state index >= 15 is 0 Å². The summed E-state index contributed by atoms with van der Waals surface area (Å²) in [6, 6.07) is 5.35. The number of rotatable bonds is 4. The standard InChI is InChI=1S/C13H20O3/c1-9(2)10-5-6-12(11(14)7-10)16-8-13(3,4)15/h5-7,9,14-15H,8H2,1-4H3. The van der Waals surface area contributed by atoms with Crippen LogP contribution in [0.5, 0.6) is 11.5 Å². The van der Waals surface area contributed by atoms with Gasteiger partial charge in [-0.2, -0.15) is 0 Å². The third-order valence-corrected chi connectivity index (χ3v) is 2.23. The second kappa shape index (κ2) is 4.74. The van der Waals surface area contributed by atoms with E-state index in [4.69, 9.17) is 4.74 Å². The van der Waals surface area contributed by atoms with Crippen molar-refractivity contribution in [2.75, 3.05) is 6.61 Å². The van der Waals surface area contributed by atoms with Gasteiger partial charge in [0.2, 0.25) is 0 Å². The second-order valence-corrected chi connectivity index (χ2v) is 4.98. The number of hydrogen-bond donors (Lipinski definition) is 2. The molecule has 3 heteroatoms. The molecule has 0 saturated carbocycles. The van der Waals surface area contributed by atoms with Gasteiger partial charge < -0.3 is 14.9 Å². The number of phenols is 1. The Balaban J connectivity index is 2.76. The zero-order chi connectivity index (χ0) is 12.3. The van der Waals surface area contributed by atoms with Crippen LogP contribution >= 0.6 is 0 Å². The third kappa shape index (κ3) is 3.74. The Kier molecular flexibility index (Phi) is 3.81. The maximum absolute atomic E-state index is 9.73. The molecule has 0 aliphatic rings.